The van der Waals surface area contributed by atoms with Gasteiger partial charge in [-0.1, -0.05) is 12.8 Å². The monoisotopic (exact) mass is 268 g/mol. The molecule has 2 atom stereocenters. The van der Waals surface area contributed by atoms with Gasteiger partial charge >= 0.3 is 0 Å². The van der Waals surface area contributed by atoms with Gasteiger partial charge < -0.3 is 15.4 Å². The zero-order valence-electron chi connectivity index (χ0n) is 12.1. The van der Waals surface area contributed by atoms with Crippen molar-refractivity contribution < 1.29 is 9.53 Å². The van der Waals surface area contributed by atoms with Crippen molar-refractivity contribution in [2.75, 3.05) is 33.4 Å². The van der Waals surface area contributed by atoms with Crippen molar-refractivity contribution in [1.29, 1.82) is 0 Å². The van der Waals surface area contributed by atoms with Crippen molar-refractivity contribution in [1.82, 2.24) is 4.90 Å². The largest absolute Gasteiger partial charge is 0.379 e. The third-order valence-electron chi connectivity index (χ3n) is 4.53. The van der Waals surface area contributed by atoms with Crippen molar-refractivity contribution in [2.24, 2.45) is 23.5 Å². The number of nitrogens with zero attached hydrogens (tertiary/aromatic N) is 1. The molecule has 2 aliphatic rings. The van der Waals surface area contributed by atoms with E-state index in [-0.39, 0.29) is 11.8 Å². The van der Waals surface area contributed by atoms with Gasteiger partial charge in [-0.3, -0.25) is 4.79 Å². The topological polar surface area (TPSA) is 55.6 Å². The average molecular weight is 268 g/mol. The van der Waals surface area contributed by atoms with Crippen molar-refractivity contribution in [2.45, 2.75) is 38.5 Å². The number of likely N-dealkylation sites (N-methyl/N-ethyl adjacent to an activating group) is 1. The molecule has 110 valence electrons. The number of hydrogen-bond donors (Lipinski definition) is 1. The van der Waals surface area contributed by atoms with Crippen LogP contribution < -0.4 is 5.73 Å². The highest BCUT2D eigenvalue weighted by Crippen LogP contribution is 2.30. The molecule has 2 unspecified atom stereocenters. The van der Waals surface area contributed by atoms with Crippen LogP contribution in [-0.4, -0.2) is 44.2 Å². The third-order valence-corrected chi connectivity index (χ3v) is 4.53. The number of rotatable bonds is 7. The van der Waals surface area contributed by atoms with Gasteiger partial charge in [0.2, 0.25) is 5.91 Å². The van der Waals surface area contributed by atoms with E-state index in [1.165, 1.54) is 25.7 Å². The van der Waals surface area contributed by atoms with E-state index < -0.39 is 0 Å². The molecule has 2 rings (SSSR count). The van der Waals surface area contributed by atoms with Gasteiger partial charge in [-0.15, -0.1) is 0 Å². The van der Waals surface area contributed by atoms with E-state index in [1.807, 2.05) is 11.9 Å². The normalized spacial score (nSPS) is 27.3. The first-order chi connectivity index (χ1) is 9.22. The lowest BCUT2D eigenvalue weighted by Gasteiger charge is -2.32. The Balaban J connectivity index is 1.69. The first-order valence-electron chi connectivity index (χ1n) is 7.75. The number of carbonyl (C=O) groups excluding carboxylic acids is 1. The number of nitrogens with two attached hydrogens (primary N) is 1. The molecule has 4 nitrogen and oxygen atoms in total. The number of amides is 1. The molecule has 0 aromatic heterocycles. The van der Waals surface area contributed by atoms with Gasteiger partial charge in [-0.05, 0) is 44.1 Å². The predicted molar refractivity (Wildman–Crippen MR) is 75.7 cm³/mol. The van der Waals surface area contributed by atoms with E-state index in [0.29, 0.717) is 25.6 Å². The zero-order valence-corrected chi connectivity index (χ0v) is 12.1. The lowest BCUT2D eigenvalue weighted by atomic mass is 9.78. The van der Waals surface area contributed by atoms with Crippen LogP contribution in [0.2, 0.25) is 0 Å². The van der Waals surface area contributed by atoms with E-state index in [2.05, 4.69) is 0 Å². The molecule has 2 saturated carbocycles. The standard InChI is InChI=1S/C15H28N2O2/c1-17(8-9-19-11-12-6-7-12)15(18)14-5-3-2-4-13(14)10-16/h12-14H,2-11,16H2,1H3. The molecule has 4 heteroatoms. The summed E-state index contributed by atoms with van der Waals surface area (Å²) >= 11 is 0. The molecule has 0 spiro atoms. The highest BCUT2D eigenvalue weighted by atomic mass is 16.5. The van der Waals surface area contributed by atoms with E-state index in [4.69, 9.17) is 10.5 Å². The molecule has 2 N–H and O–H groups in total. The molecule has 0 aliphatic heterocycles. The van der Waals surface area contributed by atoms with Crippen LogP contribution in [0.15, 0.2) is 0 Å². The second-order valence-corrected chi connectivity index (χ2v) is 6.16. The molecule has 2 fully saturated rings. The summed E-state index contributed by atoms with van der Waals surface area (Å²) in [5.41, 5.74) is 5.80. The molecular weight excluding hydrogens is 240 g/mol. The maximum absolute atomic E-state index is 12.4. The molecule has 2 aliphatic carbocycles. The Kier molecular flexibility index (Phi) is 5.64. The second kappa shape index (κ2) is 7.25. The maximum Gasteiger partial charge on any atom is 0.225 e. The first kappa shape index (κ1) is 14.8. The fourth-order valence-electron chi connectivity index (χ4n) is 2.94. The van der Waals surface area contributed by atoms with Crippen LogP contribution in [0.1, 0.15) is 38.5 Å². The van der Waals surface area contributed by atoms with E-state index in [9.17, 15) is 4.79 Å². The highest BCUT2D eigenvalue weighted by Gasteiger charge is 2.31. The van der Waals surface area contributed by atoms with Crippen LogP contribution in [0, 0.1) is 17.8 Å². The fourth-order valence-corrected chi connectivity index (χ4v) is 2.94. The minimum Gasteiger partial charge on any atom is -0.379 e. The van der Waals surface area contributed by atoms with Crippen LogP contribution in [0.4, 0.5) is 0 Å². The number of carbonyl (C=O) groups is 1. The van der Waals surface area contributed by atoms with Crippen LogP contribution in [0.5, 0.6) is 0 Å². The van der Waals surface area contributed by atoms with Gasteiger partial charge in [0.1, 0.15) is 0 Å². The summed E-state index contributed by atoms with van der Waals surface area (Å²) in [6.07, 6.45) is 7.13. The summed E-state index contributed by atoms with van der Waals surface area (Å²) in [7, 11) is 1.89. The van der Waals surface area contributed by atoms with Gasteiger partial charge in [0.05, 0.1) is 6.61 Å². The van der Waals surface area contributed by atoms with Crippen LogP contribution >= 0.6 is 0 Å². The Morgan fingerprint density at radius 1 is 1.26 bits per heavy atom. The summed E-state index contributed by atoms with van der Waals surface area (Å²) in [6.45, 7) is 2.89. The van der Waals surface area contributed by atoms with Crippen LogP contribution in [0.3, 0.4) is 0 Å². The Labute approximate surface area is 116 Å². The average Bonchev–Trinajstić information content (AvgIpc) is 3.26. The van der Waals surface area contributed by atoms with Crippen molar-refractivity contribution in [3.63, 3.8) is 0 Å². The Hall–Kier alpha value is -0.610. The van der Waals surface area contributed by atoms with Gasteiger partial charge in [0, 0.05) is 26.1 Å². The molecular formula is C15H28N2O2. The predicted octanol–water partition coefficient (Wildman–Crippen LogP) is 1.64. The number of ether oxygens (including phenoxy) is 1. The van der Waals surface area contributed by atoms with Crippen molar-refractivity contribution >= 4 is 5.91 Å². The summed E-state index contributed by atoms with van der Waals surface area (Å²) in [5, 5.41) is 0. The Morgan fingerprint density at radius 3 is 2.68 bits per heavy atom. The van der Waals surface area contributed by atoms with E-state index in [0.717, 1.165) is 25.4 Å². The second-order valence-electron chi connectivity index (χ2n) is 6.16. The van der Waals surface area contributed by atoms with E-state index >= 15 is 0 Å². The molecule has 0 saturated heterocycles. The van der Waals surface area contributed by atoms with Crippen LogP contribution in [0.25, 0.3) is 0 Å². The Morgan fingerprint density at radius 2 is 2.00 bits per heavy atom. The van der Waals surface area contributed by atoms with Gasteiger partial charge in [-0.25, -0.2) is 0 Å². The third kappa shape index (κ3) is 4.46. The summed E-state index contributed by atoms with van der Waals surface area (Å²) in [6, 6.07) is 0. The summed E-state index contributed by atoms with van der Waals surface area (Å²) in [4.78, 5) is 14.3. The molecule has 0 aromatic carbocycles. The molecule has 19 heavy (non-hydrogen) atoms. The molecule has 0 aromatic rings. The van der Waals surface area contributed by atoms with Gasteiger partial charge in [0.25, 0.3) is 0 Å². The maximum atomic E-state index is 12.4. The van der Waals surface area contributed by atoms with E-state index in [1.54, 1.807) is 0 Å². The molecule has 0 heterocycles. The van der Waals surface area contributed by atoms with Crippen LogP contribution in [-0.2, 0) is 9.53 Å². The molecule has 0 bridgehead atoms. The quantitative estimate of drug-likeness (QED) is 0.714. The Bertz CT molecular complexity index is 292. The number of hydrogen-bond acceptors (Lipinski definition) is 3. The summed E-state index contributed by atoms with van der Waals surface area (Å²) < 4.78 is 5.60. The van der Waals surface area contributed by atoms with Gasteiger partial charge in [0.15, 0.2) is 0 Å². The SMILES string of the molecule is CN(CCOCC1CC1)C(=O)C1CCCCC1CN. The minimum absolute atomic E-state index is 0.146. The fraction of sp³-hybridized carbons (Fsp3) is 0.933. The smallest absolute Gasteiger partial charge is 0.225 e. The first-order valence-corrected chi connectivity index (χ1v) is 7.75. The lowest BCUT2D eigenvalue weighted by molar-refractivity contribution is -0.137. The zero-order chi connectivity index (χ0) is 13.7. The lowest BCUT2D eigenvalue weighted by Crippen LogP contribution is -2.41. The minimum atomic E-state index is 0.146. The molecule has 1 amide bonds. The highest BCUT2D eigenvalue weighted by molar-refractivity contribution is 5.79. The van der Waals surface area contributed by atoms with Crippen molar-refractivity contribution in [3.8, 4) is 0 Å². The summed E-state index contributed by atoms with van der Waals surface area (Å²) in [5.74, 6) is 1.59. The van der Waals surface area contributed by atoms with Gasteiger partial charge in [-0.2, -0.15) is 0 Å². The van der Waals surface area contributed by atoms with Crippen molar-refractivity contribution in [3.05, 3.63) is 0 Å². The molecule has 0 radical (unpaired) electrons.